The Balaban J connectivity index is 2.96. The molecule has 0 N–H and O–H groups in total. The van der Waals surface area contributed by atoms with Crippen molar-refractivity contribution >= 4 is 34.5 Å². The average Bonchev–Trinajstić information content (AvgIpc) is 2.30. The summed E-state index contributed by atoms with van der Waals surface area (Å²) >= 11 is 12.9. The van der Waals surface area contributed by atoms with E-state index in [0.717, 1.165) is 15.6 Å². The quantitative estimate of drug-likeness (QED) is 0.662. The van der Waals surface area contributed by atoms with Crippen LogP contribution >= 0.6 is 34.5 Å². The maximum absolute atomic E-state index is 5.64. The standard InChI is InChI=1S/C6H7Cl2NS/c1-4-9-5(2-7)6(3-8)10-4/h2-3H2,1H3. The zero-order valence-electron chi connectivity index (χ0n) is 5.53. The van der Waals surface area contributed by atoms with Gasteiger partial charge in [0, 0.05) is 4.88 Å². The molecule has 0 bridgehead atoms. The lowest BCUT2D eigenvalue weighted by molar-refractivity contribution is 1.14. The Kier molecular flexibility index (Phi) is 2.96. The first-order valence-corrected chi connectivity index (χ1v) is 4.73. The molecule has 0 amide bonds. The number of aryl methyl sites for hydroxylation is 1. The zero-order chi connectivity index (χ0) is 7.56. The van der Waals surface area contributed by atoms with E-state index in [1.807, 2.05) is 6.92 Å². The number of thiazole rings is 1. The van der Waals surface area contributed by atoms with Crippen LogP contribution in [0.25, 0.3) is 0 Å². The Morgan fingerprint density at radius 1 is 1.40 bits per heavy atom. The van der Waals surface area contributed by atoms with Crippen molar-refractivity contribution in [2.75, 3.05) is 0 Å². The van der Waals surface area contributed by atoms with Crippen molar-refractivity contribution in [3.63, 3.8) is 0 Å². The first-order valence-electron chi connectivity index (χ1n) is 2.85. The molecule has 1 rings (SSSR count). The number of nitrogens with zero attached hydrogens (tertiary/aromatic N) is 1. The van der Waals surface area contributed by atoms with Gasteiger partial charge in [0.25, 0.3) is 0 Å². The van der Waals surface area contributed by atoms with Gasteiger partial charge in [-0.25, -0.2) is 4.98 Å². The van der Waals surface area contributed by atoms with E-state index < -0.39 is 0 Å². The van der Waals surface area contributed by atoms with Gasteiger partial charge < -0.3 is 0 Å². The zero-order valence-corrected chi connectivity index (χ0v) is 7.85. The first-order chi connectivity index (χ1) is 4.77. The molecule has 0 radical (unpaired) electrons. The summed E-state index contributed by atoms with van der Waals surface area (Å²) in [6, 6.07) is 0. The molecular formula is C6H7Cl2NS. The Labute approximate surface area is 74.0 Å². The lowest BCUT2D eigenvalue weighted by atomic mass is 10.4. The fraction of sp³-hybridized carbons (Fsp3) is 0.500. The van der Waals surface area contributed by atoms with Crippen molar-refractivity contribution in [1.29, 1.82) is 0 Å². The van der Waals surface area contributed by atoms with Crippen LogP contribution in [0.1, 0.15) is 15.6 Å². The minimum Gasteiger partial charge on any atom is -0.245 e. The molecule has 0 aliphatic rings. The highest BCUT2D eigenvalue weighted by Crippen LogP contribution is 2.20. The highest BCUT2D eigenvalue weighted by Gasteiger charge is 2.05. The normalized spacial score (nSPS) is 10.3. The molecule has 0 aromatic carbocycles. The van der Waals surface area contributed by atoms with E-state index in [0.29, 0.717) is 11.8 Å². The largest absolute Gasteiger partial charge is 0.245 e. The lowest BCUT2D eigenvalue weighted by Gasteiger charge is -1.88. The number of hydrogen-bond donors (Lipinski definition) is 0. The van der Waals surface area contributed by atoms with Crippen LogP contribution in [0.4, 0.5) is 0 Å². The molecule has 0 saturated heterocycles. The molecule has 0 saturated carbocycles. The second-order valence-electron chi connectivity index (χ2n) is 1.87. The van der Waals surface area contributed by atoms with Crippen molar-refractivity contribution in [1.82, 2.24) is 4.98 Å². The predicted molar refractivity (Wildman–Crippen MR) is 46.0 cm³/mol. The SMILES string of the molecule is Cc1nc(CCl)c(CCl)s1. The van der Waals surface area contributed by atoms with Gasteiger partial charge >= 0.3 is 0 Å². The Morgan fingerprint density at radius 3 is 2.50 bits per heavy atom. The third kappa shape index (κ3) is 1.62. The van der Waals surface area contributed by atoms with Gasteiger partial charge in [-0.1, -0.05) is 0 Å². The average molecular weight is 196 g/mol. The molecule has 0 spiro atoms. The molecular weight excluding hydrogens is 189 g/mol. The molecule has 4 heteroatoms. The summed E-state index contributed by atoms with van der Waals surface area (Å²) in [5, 5.41) is 1.03. The topological polar surface area (TPSA) is 12.9 Å². The molecule has 1 nitrogen and oxygen atoms in total. The van der Waals surface area contributed by atoms with E-state index in [4.69, 9.17) is 23.2 Å². The van der Waals surface area contributed by atoms with Gasteiger partial charge in [0.1, 0.15) is 0 Å². The summed E-state index contributed by atoms with van der Waals surface area (Å²) in [6.07, 6.45) is 0. The molecule has 1 aromatic rings. The fourth-order valence-corrected chi connectivity index (χ4v) is 2.14. The van der Waals surface area contributed by atoms with Crippen molar-refractivity contribution < 1.29 is 0 Å². The van der Waals surface area contributed by atoms with E-state index in [-0.39, 0.29) is 0 Å². The smallest absolute Gasteiger partial charge is 0.0901 e. The minimum atomic E-state index is 0.465. The number of rotatable bonds is 2. The van der Waals surface area contributed by atoms with Gasteiger partial charge in [-0.15, -0.1) is 34.5 Å². The van der Waals surface area contributed by atoms with Crippen LogP contribution in [0, 0.1) is 6.92 Å². The predicted octanol–water partition coefficient (Wildman–Crippen LogP) is 2.93. The van der Waals surface area contributed by atoms with Gasteiger partial charge in [-0.2, -0.15) is 0 Å². The number of hydrogen-bond acceptors (Lipinski definition) is 2. The van der Waals surface area contributed by atoms with Crippen molar-refractivity contribution in [3.8, 4) is 0 Å². The van der Waals surface area contributed by atoms with Crippen molar-refractivity contribution in [2.24, 2.45) is 0 Å². The second kappa shape index (κ2) is 3.56. The molecule has 56 valence electrons. The summed E-state index contributed by atoms with van der Waals surface area (Å²) in [7, 11) is 0. The van der Waals surface area contributed by atoms with Gasteiger partial charge in [-0.3, -0.25) is 0 Å². The summed E-state index contributed by atoms with van der Waals surface area (Å²) in [5.74, 6) is 0.986. The fourth-order valence-electron chi connectivity index (χ4n) is 0.721. The molecule has 0 aliphatic carbocycles. The highest BCUT2D eigenvalue weighted by molar-refractivity contribution is 7.11. The molecule has 1 aromatic heterocycles. The molecule has 0 fully saturated rings. The lowest BCUT2D eigenvalue weighted by Crippen LogP contribution is -1.82. The molecule has 0 aliphatic heterocycles. The van der Waals surface area contributed by atoms with Gasteiger partial charge in [0.15, 0.2) is 0 Å². The van der Waals surface area contributed by atoms with Crippen LogP contribution in [0.2, 0.25) is 0 Å². The van der Waals surface area contributed by atoms with E-state index >= 15 is 0 Å². The molecule has 1 heterocycles. The van der Waals surface area contributed by atoms with E-state index in [1.165, 1.54) is 0 Å². The van der Waals surface area contributed by atoms with Crippen LogP contribution in [0.15, 0.2) is 0 Å². The Hall–Kier alpha value is 0.210. The van der Waals surface area contributed by atoms with Crippen LogP contribution in [-0.4, -0.2) is 4.98 Å². The molecule has 0 unspecified atom stereocenters. The van der Waals surface area contributed by atoms with Crippen LogP contribution in [-0.2, 0) is 11.8 Å². The third-order valence-electron chi connectivity index (χ3n) is 1.13. The maximum Gasteiger partial charge on any atom is 0.0901 e. The monoisotopic (exact) mass is 195 g/mol. The summed E-state index contributed by atoms with van der Waals surface area (Å²) in [4.78, 5) is 5.29. The first kappa shape index (κ1) is 8.31. The Morgan fingerprint density at radius 2 is 2.10 bits per heavy atom. The second-order valence-corrected chi connectivity index (χ2v) is 3.69. The van der Waals surface area contributed by atoms with Crippen molar-refractivity contribution in [2.45, 2.75) is 18.7 Å². The summed E-state index contributed by atoms with van der Waals surface area (Å²) < 4.78 is 0. The van der Waals surface area contributed by atoms with E-state index in [9.17, 15) is 0 Å². The van der Waals surface area contributed by atoms with Gasteiger partial charge in [-0.05, 0) is 6.92 Å². The highest BCUT2D eigenvalue weighted by atomic mass is 35.5. The van der Waals surface area contributed by atoms with E-state index in [2.05, 4.69) is 4.98 Å². The Bertz CT molecular complexity index is 200. The van der Waals surface area contributed by atoms with Gasteiger partial charge in [0.2, 0.25) is 0 Å². The van der Waals surface area contributed by atoms with Crippen LogP contribution in [0.5, 0.6) is 0 Å². The van der Waals surface area contributed by atoms with E-state index in [1.54, 1.807) is 11.3 Å². The number of halogens is 2. The molecule has 0 atom stereocenters. The number of aromatic nitrogens is 1. The summed E-state index contributed by atoms with van der Waals surface area (Å²) in [5.41, 5.74) is 0.930. The van der Waals surface area contributed by atoms with Crippen molar-refractivity contribution in [3.05, 3.63) is 15.6 Å². The van der Waals surface area contributed by atoms with Crippen LogP contribution in [0.3, 0.4) is 0 Å². The minimum absolute atomic E-state index is 0.465. The van der Waals surface area contributed by atoms with Crippen LogP contribution < -0.4 is 0 Å². The molecule has 10 heavy (non-hydrogen) atoms. The van der Waals surface area contributed by atoms with Gasteiger partial charge in [0.05, 0.1) is 22.5 Å². The summed E-state index contributed by atoms with van der Waals surface area (Å²) in [6.45, 7) is 1.96. The maximum atomic E-state index is 5.64. The third-order valence-corrected chi connectivity index (χ3v) is 2.83. The number of alkyl halides is 2.